The third kappa shape index (κ3) is 7.57. The molecule has 1 heterocycles. The lowest BCUT2D eigenvalue weighted by molar-refractivity contribution is -0.133. The first-order valence-corrected chi connectivity index (χ1v) is 10.4. The van der Waals surface area contributed by atoms with Gasteiger partial charge >= 0.3 is 0 Å². The van der Waals surface area contributed by atoms with Gasteiger partial charge in [0.05, 0.1) is 6.54 Å². The number of hydrogen-bond acceptors (Lipinski definition) is 4. The average Bonchev–Trinajstić information content (AvgIpc) is 2.69. The first-order chi connectivity index (χ1) is 13.7. The molecule has 0 saturated carbocycles. The number of rotatable bonds is 7. The number of benzene rings is 1. The molecule has 160 valence electrons. The summed E-state index contributed by atoms with van der Waals surface area (Å²) in [7, 11) is 0. The first kappa shape index (κ1) is 23.0. The van der Waals surface area contributed by atoms with Gasteiger partial charge in [0, 0.05) is 55.3 Å². The molecule has 8 heteroatoms. The van der Waals surface area contributed by atoms with Crippen LogP contribution in [0.15, 0.2) is 24.3 Å². The van der Waals surface area contributed by atoms with E-state index in [-0.39, 0.29) is 30.7 Å². The predicted octanol–water partition coefficient (Wildman–Crippen LogP) is 2.05. The number of nitrogens with one attached hydrogen (secondary N) is 2. The van der Waals surface area contributed by atoms with Gasteiger partial charge in [-0.05, 0) is 30.7 Å². The van der Waals surface area contributed by atoms with E-state index in [1.165, 1.54) is 0 Å². The fourth-order valence-electron chi connectivity index (χ4n) is 2.96. The monoisotopic (exact) mass is 422 g/mol. The molecule has 7 nitrogen and oxygen atoms in total. The molecule has 1 saturated heterocycles. The Morgan fingerprint density at radius 1 is 1.00 bits per heavy atom. The largest absolute Gasteiger partial charge is 0.368 e. The van der Waals surface area contributed by atoms with Gasteiger partial charge in [-0.15, -0.1) is 0 Å². The van der Waals surface area contributed by atoms with Crippen molar-refractivity contribution in [3.05, 3.63) is 29.3 Å². The highest BCUT2D eigenvalue weighted by Gasteiger charge is 2.22. The molecule has 0 radical (unpaired) electrons. The molecule has 3 amide bonds. The zero-order valence-corrected chi connectivity index (χ0v) is 18.2. The Kier molecular flexibility index (Phi) is 8.32. The summed E-state index contributed by atoms with van der Waals surface area (Å²) in [5, 5.41) is 6.19. The normalized spacial score (nSPS) is 14.5. The fourth-order valence-corrected chi connectivity index (χ4v) is 3.08. The molecule has 2 N–H and O–H groups in total. The number of hydrogen-bond donors (Lipinski definition) is 2. The summed E-state index contributed by atoms with van der Waals surface area (Å²) in [5.74, 6) is -0.288. The summed E-state index contributed by atoms with van der Waals surface area (Å²) >= 11 is 5.92. The van der Waals surface area contributed by atoms with Crippen molar-refractivity contribution in [1.82, 2.24) is 15.5 Å². The molecule has 0 spiro atoms. The van der Waals surface area contributed by atoms with Crippen molar-refractivity contribution in [3.8, 4) is 0 Å². The maximum Gasteiger partial charge on any atom is 0.242 e. The molecule has 0 aromatic heterocycles. The van der Waals surface area contributed by atoms with Gasteiger partial charge in [-0.3, -0.25) is 14.4 Å². The smallest absolute Gasteiger partial charge is 0.242 e. The molecule has 0 atom stereocenters. The molecule has 1 aromatic carbocycles. The van der Waals surface area contributed by atoms with Gasteiger partial charge in [-0.2, -0.15) is 0 Å². The third-order valence-corrected chi connectivity index (χ3v) is 5.06. The van der Waals surface area contributed by atoms with Crippen LogP contribution in [-0.2, 0) is 14.4 Å². The molecule has 0 bridgehead atoms. The van der Waals surface area contributed by atoms with Gasteiger partial charge in [-0.1, -0.05) is 32.4 Å². The van der Waals surface area contributed by atoms with Gasteiger partial charge < -0.3 is 20.4 Å². The van der Waals surface area contributed by atoms with E-state index < -0.39 is 5.41 Å². The van der Waals surface area contributed by atoms with E-state index in [1.54, 1.807) is 4.90 Å². The molecule has 2 rings (SSSR count). The van der Waals surface area contributed by atoms with E-state index >= 15 is 0 Å². The number of carbonyl (C=O) groups excluding carboxylic acids is 3. The minimum atomic E-state index is -0.438. The average molecular weight is 423 g/mol. The topological polar surface area (TPSA) is 81.8 Å². The van der Waals surface area contributed by atoms with Crippen molar-refractivity contribution < 1.29 is 14.4 Å². The molecule has 29 heavy (non-hydrogen) atoms. The second-order valence-electron chi connectivity index (χ2n) is 8.23. The van der Waals surface area contributed by atoms with E-state index in [0.29, 0.717) is 31.1 Å². The molecular formula is C21H31ClN4O3. The second kappa shape index (κ2) is 10.5. The van der Waals surface area contributed by atoms with Gasteiger partial charge in [0.25, 0.3) is 0 Å². The highest BCUT2D eigenvalue weighted by Crippen LogP contribution is 2.19. The van der Waals surface area contributed by atoms with Crippen molar-refractivity contribution in [2.45, 2.75) is 33.6 Å². The minimum Gasteiger partial charge on any atom is -0.368 e. The summed E-state index contributed by atoms with van der Waals surface area (Å²) in [6, 6.07) is 7.67. The summed E-state index contributed by atoms with van der Waals surface area (Å²) < 4.78 is 0. The molecule has 1 fully saturated rings. The summed E-state index contributed by atoms with van der Waals surface area (Å²) in [6.07, 6.45) is 0.823. The highest BCUT2D eigenvalue weighted by molar-refractivity contribution is 6.30. The molecule has 0 aliphatic carbocycles. The van der Waals surface area contributed by atoms with Crippen LogP contribution >= 0.6 is 11.6 Å². The Morgan fingerprint density at radius 3 is 2.21 bits per heavy atom. The zero-order chi connectivity index (χ0) is 21.4. The Bertz CT molecular complexity index is 708. The quantitative estimate of drug-likeness (QED) is 0.659. The Hall–Kier alpha value is -2.28. The number of nitrogens with zero attached hydrogens (tertiary/aromatic N) is 2. The second-order valence-corrected chi connectivity index (χ2v) is 8.67. The van der Waals surface area contributed by atoms with Crippen LogP contribution in [0.5, 0.6) is 0 Å². The van der Waals surface area contributed by atoms with Crippen LogP contribution in [0.4, 0.5) is 5.69 Å². The maximum atomic E-state index is 12.3. The zero-order valence-electron chi connectivity index (χ0n) is 17.5. The number of halogens is 1. The van der Waals surface area contributed by atoms with Crippen LogP contribution < -0.4 is 15.5 Å². The Labute approximate surface area is 177 Å². The molecule has 0 unspecified atom stereocenters. The van der Waals surface area contributed by atoms with Crippen molar-refractivity contribution in [3.63, 3.8) is 0 Å². The van der Waals surface area contributed by atoms with Crippen LogP contribution in [0, 0.1) is 5.41 Å². The lowest BCUT2D eigenvalue weighted by Gasteiger charge is -2.36. The van der Waals surface area contributed by atoms with Crippen molar-refractivity contribution in [2.24, 2.45) is 5.41 Å². The van der Waals surface area contributed by atoms with Crippen molar-refractivity contribution in [1.29, 1.82) is 0 Å². The Morgan fingerprint density at radius 2 is 1.62 bits per heavy atom. The molecule has 1 aliphatic rings. The minimum absolute atomic E-state index is 0.00806. The highest BCUT2D eigenvalue weighted by atomic mass is 35.5. The third-order valence-electron chi connectivity index (χ3n) is 4.81. The fraction of sp³-hybridized carbons (Fsp3) is 0.571. The SMILES string of the molecule is CC(C)(C)C(=O)NCCCC(=O)NCC(=O)N1CCN(c2ccc(Cl)cc2)CC1. The van der Waals surface area contributed by atoms with Gasteiger partial charge in [0.15, 0.2) is 0 Å². The summed E-state index contributed by atoms with van der Waals surface area (Å²) in [5.41, 5.74) is 0.653. The predicted molar refractivity (Wildman–Crippen MR) is 115 cm³/mol. The summed E-state index contributed by atoms with van der Waals surface area (Å²) in [6.45, 7) is 8.72. The summed E-state index contributed by atoms with van der Waals surface area (Å²) in [4.78, 5) is 40.0. The molecule has 1 aromatic rings. The van der Waals surface area contributed by atoms with Crippen LogP contribution in [0.25, 0.3) is 0 Å². The first-order valence-electron chi connectivity index (χ1n) is 10.00. The van der Waals surface area contributed by atoms with Crippen LogP contribution in [0.2, 0.25) is 5.02 Å². The lowest BCUT2D eigenvalue weighted by Crippen LogP contribution is -2.51. The van der Waals surface area contributed by atoms with E-state index in [2.05, 4.69) is 15.5 Å². The number of carbonyl (C=O) groups is 3. The van der Waals surface area contributed by atoms with Gasteiger partial charge in [0.2, 0.25) is 17.7 Å². The van der Waals surface area contributed by atoms with Crippen molar-refractivity contribution >= 4 is 35.0 Å². The molecule has 1 aliphatic heterocycles. The van der Waals surface area contributed by atoms with E-state index in [1.807, 2.05) is 45.0 Å². The lowest BCUT2D eigenvalue weighted by atomic mass is 9.96. The number of anilines is 1. The van der Waals surface area contributed by atoms with Crippen molar-refractivity contribution in [2.75, 3.05) is 44.2 Å². The van der Waals surface area contributed by atoms with E-state index in [9.17, 15) is 14.4 Å². The standard InChI is InChI=1S/C21H31ClN4O3/c1-21(2,3)20(29)23-10-4-5-18(27)24-15-19(28)26-13-11-25(12-14-26)17-8-6-16(22)7-9-17/h6-9H,4-5,10-15H2,1-3H3,(H,23,29)(H,24,27). The van der Waals surface area contributed by atoms with E-state index in [4.69, 9.17) is 11.6 Å². The van der Waals surface area contributed by atoms with Crippen LogP contribution in [0.3, 0.4) is 0 Å². The number of piperazine rings is 1. The van der Waals surface area contributed by atoms with Gasteiger partial charge in [0.1, 0.15) is 0 Å². The van der Waals surface area contributed by atoms with E-state index in [0.717, 1.165) is 18.8 Å². The van der Waals surface area contributed by atoms with Crippen LogP contribution in [0.1, 0.15) is 33.6 Å². The van der Waals surface area contributed by atoms with Gasteiger partial charge in [-0.25, -0.2) is 0 Å². The Balaban J connectivity index is 1.62. The maximum absolute atomic E-state index is 12.3. The van der Waals surface area contributed by atoms with Crippen LogP contribution in [-0.4, -0.2) is 61.9 Å². The number of amides is 3. The molecular weight excluding hydrogens is 392 g/mol.